The quantitative estimate of drug-likeness (QED) is 0.612. The molecule has 0 amide bonds. The van der Waals surface area contributed by atoms with Crippen molar-refractivity contribution in [1.82, 2.24) is 15.0 Å². The van der Waals surface area contributed by atoms with Gasteiger partial charge in [0.05, 0.1) is 24.1 Å². The largest absolute Gasteiger partial charge is 0.474 e. The minimum absolute atomic E-state index is 0.614. The van der Waals surface area contributed by atoms with Crippen molar-refractivity contribution in [3.8, 4) is 5.88 Å². The maximum absolute atomic E-state index is 5.66. The van der Waals surface area contributed by atoms with Gasteiger partial charge in [-0.25, -0.2) is 15.0 Å². The van der Waals surface area contributed by atoms with E-state index in [0.29, 0.717) is 18.4 Å². The number of ether oxygens (including phenoxy) is 1. The summed E-state index contributed by atoms with van der Waals surface area (Å²) in [4.78, 5) is 16.2. The van der Waals surface area contributed by atoms with Crippen molar-refractivity contribution in [2.75, 3.05) is 47.6 Å². The number of benzene rings is 1. The van der Waals surface area contributed by atoms with E-state index in [1.807, 2.05) is 43.7 Å². The van der Waals surface area contributed by atoms with Gasteiger partial charge >= 0.3 is 0 Å². The Morgan fingerprint density at radius 1 is 1.10 bits per heavy atom. The highest BCUT2D eigenvalue weighted by Crippen LogP contribution is 2.36. The van der Waals surface area contributed by atoms with Gasteiger partial charge in [-0.15, -0.1) is 0 Å². The van der Waals surface area contributed by atoms with E-state index < -0.39 is 0 Å². The molecule has 8 nitrogen and oxygen atoms in total. The molecule has 0 atom stereocenters. The monoisotopic (exact) mass is 403 g/mol. The molecule has 5 rings (SSSR count). The molecule has 0 spiro atoms. The van der Waals surface area contributed by atoms with Crippen LogP contribution in [0.1, 0.15) is 16.8 Å². The number of fused-ring (bicyclic) bond motifs is 2. The zero-order valence-electron chi connectivity index (χ0n) is 17.2. The zero-order chi connectivity index (χ0) is 20.5. The molecule has 0 radical (unpaired) electrons. The van der Waals surface area contributed by atoms with Gasteiger partial charge in [0.1, 0.15) is 12.3 Å². The summed E-state index contributed by atoms with van der Waals surface area (Å²) in [5.74, 6) is 1.31. The maximum Gasteiger partial charge on any atom is 0.237 e. The molecule has 8 heteroatoms. The molecular weight excluding hydrogens is 378 g/mol. The highest BCUT2D eigenvalue weighted by Gasteiger charge is 2.23. The summed E-state index contributed by atoms with van der Waals surface area (Å²) in [7, 11) is 1.91. The topological polar surface area (TPSA) is 87.2 Å². The van der Waals surface area contributed by atoms with Crippen molar-refractivity contribution in [1.29, 1.82) is 0 Å². The molecule has 2 aromatic heterocycles. The predicted molar refractivity (Wildman–Crippen MR) is 119 cm³/mol. The van der Waals surface area contributed by atoms with Gasteiger partial charge in [0, 0.05) is 43.3 Å². The number of pyridine rings is 1. The van der Waals surface area contributed by atoms with Crippen LogP contribution in [0.3, 0.4) is 0 Å². The van der Waals surface area contributed by atoms with Crippen LogP contribution in [0.25, 0.3) is 0 Å². The lowest BCUT2D eigenvalue weighted by Gasteiger charge is -2.32. The van der Waals surface area contributed by atoms with Crippen molar-refractivity contribution >= 4 is 28.7 Å². The van der Waals surface area contributed by atoms with E-state index in [-0.39, 0.29) is 0 Å². The first-order valence-corrected chi connectivity index (χ1v) is 10.2. The number of anilines is 5. The third-order valence-electron chi connectivity index (χ3n) is 5.64. The highest BCUT2D eigenvalue weighted by atomic mass is 16.5. The first-order chi connectivity index (χ1) is 14.7. The molecule has 0 bridgehead atoms. The van der Waals surface area contributed by atoms with Crippen molar-refractivity contribution in [3.05, 3.63) is 53.5 Å². The third-order valence-corrected chi connectivity index (χ3v) is 5.64. The molecule has 30 heavy (non-hydrogen) atoms. The second-order valence-electron chi connectivity index (χ2n) is 7.51. The zero-order valence-corrected chi connectivity index (χ0v) is 17.2. The molecule has 0 unspecified atom stereocenters. The fraction of sp³-hybridized carbons (Fsp3) is 0.318. The van der Waals surface area contributed by atoms with E-state index in [9.17, 15) is 0 Å². The van der Waals surface area contributed by atoms with E-state index in [2.05, 4.69) is 37.7 Å². The first kappa shape index (κ1) is 18.5. The average molecular weight is 403 g/mol. The summed E-state index contributed by atoms with van der Waals surface area (Å²) >= 11 is 0. The minimum Gasteiger partial charge on any atom is -0.474 e. The predicted octanol–water partition coefficient (Wildman–Crippen LogP) is 3.33. The van der Waals surface area contributed by atoms with Crippen LogP contribution in [-0.2, 0) is 13.0 Å². The summed E-state index contributed by atoms with van der Waals surface area (Å²) in [5, 5.41) is 9.85. The molecule has 3 aromatic rings. The molecule has 0 saturated carbocycles. The second-order valence-corrected chi connectivity index (χ2v) is 7.51. The van der Waals surface area contributed by atoms with Gasteiger partial charge in [0.15, 0.2) is 0 Å². The molecule has 154 valence electrons. The molecule has 1 aromatic carbocycles. The SMILES string of the molecule is CNc1ccc(Nc2ncc3c(n2)CN(c2cnc4c(c2C)NCCO4)CC3)cc1. The van der Waals surface area contributed by atoms with Crippen molar-refractivity contribution in [2.45, 2.75) is 19.9 Å². The smallest absolute Gasteiger partial charge is 0.237 e. The second kappa shape index (κ2) is 7.70. The molecule has 0 aliphatic carbocycles. The number of nitrogens with one attached hydrogen (secondary N) is 3. The molecule has 0 saturated heterocycles. The Bertz CT molecular complexity index is 1070. The maximum atomic E-state index is 5.66. The van der Waals surface area contributed by atoms with Crippen LogP contribution in [0.5, 0.6) is 5.88 Å². The van der Waals surface area contributed by atoms with Crippen LogP contribution in [-0.4, -0.2) is 41.7 Å². The lowest BCUT2D eigenvalue weighted by atomic mass is 10.0. The fourth-order valence-electron chi connectivity index (χ4n) is 3.95. The Morgan fingerprint density at radius 3 is 2.77 bits per heavy atom. The van der Waals surface area contributed by atoms with Crippen molar-refractivity contribution in [3.63, 3.8) is 0 Å². The molecule has 2 aliphatic rings. The molecule has 2 aliphatic heterocycles. The molecule has 0 fully saturated rings. The lowest BCUT2D eigenvalue weighted by molar-refractivity contribution is 0.310. The van der Waals surface area contributed by atoms with Gasteiger partial charge in [0.2, 0.25) is 11.8 Å². The minimum atomic E-state index is 0.614. The summed E-state index contributed by atoms with van der Waals surface area (Å²) < 4.78 is 5.66. The number of hydrogen-bond acceptors (Lipinski definition) is 8. The Hall–Kier alpha value is -3.55. The van der Waals surface area contributed by atoms with Crippen LogP contribution < -0.4 is 25.6 Å². The normalized spacial score (nSPS) is 14.8. The number of aromatic nitrogens is 3. The Balaban J connectivity index is 1.37. The highest BCUT2D eigenvalue weighted by molar-refractivity contribution is 5.70. The van der Waals surface area contributed by atoms with Gasteiger partial charge in [-0.05, 0) is 43.2 Å². The van der Waals surface area contributed by atoms with Gasteiger partial charge in [-0.3, -0.25) is 0 Å². The van der Waals surface area contributed by atoms with E-state index in [1.54, 1.807) is 0 Å². The van der Waals surface area contributed by atoms with Crippen LogP contribution >= 0.6 is 0 Å². The summed E-state index contributed by atoms with van der Waals surface area (Å²) in [6, 6.07) is 8.06. The van der Waals surface area contributed by atoms with Gasteiger partial charge in [-0.1, -0.05) is 0 Å². The summed E-state index contributed by atoms with van der Waals surface area (Å²) in [6.45, 7) is 5.22. The van der Waals surface area contributed by atoms with Crippen LogP contribution in [0, 0.1) is 6.92 Å². The molecule has 4 heterocycles. The molecule has 3 N–H and O–H groups in total. The Labute approximate surface area is 175 Å². The van der Waals surface area contributed by atoms with Gasteiger partial charge in [-0.2, -0.15) is 0 Å². The third kappa shape index (κ3) is 3.45. The fourth-order valence-corrected chi connectivity index (χ4v) is 3.95. The van der Waals surface area contributed by atoms with Gasteiger partial charge in [0.25, 0.3) is 0 Å². The van der Waals surface area contributed by atoms with E-state index >= 15 is 0 Å². The lowest BCUT2D eigenvalue weighted by Crippen LogP contribution is -2.32. The number of rotatable bonds is 4. The Kier molecular flexibility index (Phi) is 4.74. The van der Waals surface area contributed by atoms with Crippen LogP contribution in [0.15, 0.2) is 36.7 Å². The van der Waals surface area contributed by atoms with Crippen LogP contribution in [0.2, 0.25) is 0 Å². The van der Waals surface area contributed by atoms with E-state index in [1.165, 1.54) is 11.1 Å². The van der Waals surface area contributed by atoms with Crippen molar-refractivity contribution < 1.29 is 4.74 Å². The first-order valence-electron chi connectivity index (χ1n) is 10.2. The van der Waals surface area contributed by atoms with E-state index in [4.69, 9.17) is 9.72 Å². The number of nitrogens with zero attached hydrogens (tertiary/aromatic N) is 4. The Morgan fingerprint density at radius 2 is 1.93 bits per heavy atom. The van der Waals surface area contributed by atoms with E-state index in [0.717, 1.165) is 54.5 Å². The number of hydrogen-bond donors (Lipinski definition) is 3. The standard InChI is InChI=1S/C22H25N7O/c1-14-19(12-25-21-20(14)24-8-10-30-21)29-9-7-15-11-26-22(28-18(15)13-29)27-17-5-3-16(23-2)4-6-17/h3-6,11-12,23-24H,7-10,13H2,1-2H3,(H,26,27,28). The summed E-state index contributed by atoms with van der Waals surface area (Å²) in [6.07, 6.45) is 4.76. The van der Waals surface area contributed by atoms with Gasteiger partial charge < -0.3 is 25.6 Å². The average Bonchev–Trinajstić information content (AvgIpc) is 2.79. The molecular formula is C22H25N7O. The van der Waals surface area contributed by atoms with Crippen LogP contribution in [0.4, 0.5) is 28.7 Å². The summed E-state index contributed by atoms with van der Waals surface area (Å²) in [5.41, 5.74) is 7.56. The van der Waals surface area contributed by atoms with Crippen molar-refractivity contribution in [2.24, 2.45) is 0 Å².